The minimum atomic E-state index is -2.69. The third-order valence-electron chi connectivity index (χ3n) is 1.55. The molecule has 0 atom stereocenters. The molecule has 1 aromatic rings. The van der Waals surface area contributed by atoms with Gasteiger partial charge in [0.15, 0.2) is 0 Å². The van der Waals surface area contributed by atoms with Gasteiger partial charge >= 0.3 is 90.7 Å². The molecule has 1 nitrogen and oxygen atoms in total. The van der Waals surface area contributed by atoms with Crippen molar-refractivity contribution in [2.45, 2.75) is 11.9 Å². The molecule has 0 heterocycles. The molecule has 0 aromatic heterocycles. The van der Waals surface area contributed by atoms with E-state index in [4.69, 9.17) is 22.7 Å². The molecule has 0 aliphatic heterocycles. The first-order valence-electron chi connectivity index (χ1n) is 3.94. The molecule has 13 heavy (non-hydrogen) atoms. The summed E-state index contributed by atoms with van der Waals surface area (Å²) in [5, 5.41) is 0. The van der Waals surface area contributed by atoms with Crippen LogP contribution in [0.1, 0.15) is 6.92 Å². The summed E-state index contributed by atoms with van der Waals surface area (Å²) in [4.78, 5) is 1.93. The van der Waals surface area contributed by atoms with Gasteiger partial charge < -0.3 is 0 Å². The van der Waals surface area contributed by atoms with Gasteiger partial charge in [-0.1, -0.05) is 0 Å². The summed E-state index contributed by atoms with van der Waals surface area (Å²) in [5.41, 5.74) is 0. The number of ether oxygens (including phenoxy) is 1. The topological polar surface area (TPSA) is 9.23 Å². The predicted molar refractivity (Wildman–Crippen MR) is 60.6 cm³/mol. The Morgan fingerprint density at radius 3 is 2.15 bits per heavy atom. The van der Waals surface area contributed by atoms with E-state index in [1.807, 2.05) is 36.2 Å². The first kappa shape index (κ1) is 11.5. The Balaban J connectivity index is 2.81. The number of rotatable bonds is 3. The second-order valence-electron chi connectivity index (χ2n) is 2.63. The van der Waals surface area contributed by atoms with Gasteiger partial charge in [0.1, 0.15) is 0 Å². The molecule has 0 amide bonds. The van der Waals surface area contributed by atoms with E-state index in [9.17, 15) is 0 Å². The molecule has 1 aromatic carbocycles. The number of halogens is 2. The van der Waals surface area contributed by atoms with Crippen LogP contribution in [-0.4, -0.2) is 22.5 Å². The zero-order valence-corrected chi connectivity index (χ0v) is 11.4. The monoisotopic (exact) mass is 336 g/mol. The first-order chi connectivity index (χ1) is 6.04. The van der Waals surface area contributed by atoms with Crippen molar-refractivity contribution < 1.29 is 4.74 Å². The van der Waals surface area contributed by atoms with Crippen LogP contribution < -0.4 is 8.35 Å². The van der Waals surface area contributed by atoms with Gasteiger partial charge in [-0.05, 0) is 0 Å². The third-order valence-corrected chi connectivity index (χ3v) is 7.08. The van der Waals surface area contributed by atoms with E-state index in [2.05, 4.69) is 0 Å². The fourth-order valence-corrected chi connectivity index (χ4v) is 4.07. The summed E-state index contributed by atoms with van der Waals surface area (Å²) in [6.07, 6.45) is 0. The Morgan fingerprint density at radius 2 is 1.77 bits per heavy atom. The summed E-state index contributed by atoms with van der Waals surface area (Å²) >= 11 is -2.69. The maximum atomic E-state index is 6.10. The van der Waals surface area contributed by atoms with Crippen LogP contribution in [0.4, 0.5) is 0 Å². The normalized spacial score (nSPS) is 12.6. The molecule has 0 bridgehead atoms. The van der Waals surface area contributed by atoms with E-state index >= 15 is 0 Å². The van der Waals surface area contributed by atoms with Gasteiger partial charge in [0, 0.05) is 0 Å². The van der Waals surface area contributed by atoms with Crippen LogP contribution in [0.25, 0.3) is 0 Å². The maximum absolute atomic E-state index is 6.10. The van der Waals surface area contributed by atoms with Gasteiger partial charge in [0.2, 0.25) is 0 Å². The van der Waals surface area contributed by atoms with Gasteiger partial charge in [0.05, 0.1) is 0 Å². The van der Waals surface area contributed by atoms with Gasteiger partial charge in [-0.2, -0.15) is 0 Å². The van der Waals surface area contributed by atoms with Crippen LogP contribution in [0.15, 0.2) is 24.3 Å². The molecule has 0 radical (unpaired) electrons. The molecule has 0 aliphatic carbocycles. The number of hydrogen-bond acceptors (Lipinski definition) is 1. The fraction of sp³-hybridized carbons (Fsp3) is 0.333. The van der Waals surface area contributed by atoms with Crippen molar-refractivity contribution >= 4 is 37.5 Å². The Kier molecular flexibility index (Phi) is 4.19. The van der Waals surface area contributed by atoms with E-state index in [-0.39, 0.29) is 0 Å². The molecule has 4 heteroatoms. The average Bonchev–Trinajstić information content (AvgIpc) is 2.04. The molecule has 1 rings (SSSR count). The Labute approximate surface area is 90.3 Å². The molecule has 0 saturated carbocycles. The quantitative estimate of drug-likeness (QED) is 0.772. The molecule has 0 spiro atoms. The Bertz CT molecular complexity index is 266. The number of benzene rings is 1. The standard InChI is InChI=1S/C9H12Cl2OTe/c1-3-12-8-4-6-9(7-5-8)13(2,10)11/h4-7H,3H2,1-2H3. The van der Waals surface area contributed by atoms with Gasteiger partial charge in [-0.15, -0.1) is 0 Å². The zero-order chi connectivity index (χ0) is 9.90. The molecule has 0 saturated heterocycles. The van der Waals surface area contributed by atoms with Crippen molar-refractivity contribution in [3.05, 3.63) is 24.3 Å². The average molecular weight is 335 g/mol. The van der Waals surface area contributed by atoms with E-state index in [0.717, 1.165) is 9.36 Å². The summed E-state index contributed by atoms with van der Waals surface area (Å²) in [6, 6.07) is 7.72. The molecular formula is C9H12Cl2OTe. The van der Waals surface area contributed by atoms with E-state index in [0.29, 0.717) is 6.61 Å². The summed E-state index contributed by atoms with van der Waals surface area (Å²) in [7, 11) is 12.2. The summed E-state index contributed by atoms with van der Waals surface area (Å²) in [5.74, 6) is 0.867. The second kappa shape index (κ2) is 4.75. The molecule has 0 fully saturated rings. The van der Waals surface area contributed by atoms with Crippen molar-refractivity contribution in [2.75, 3.05) is 6.61 Å². The van der Waals surface area contributed by atoms with E-state index in [1.165, 1.54) is 0 Å². The Morgan fingerprint density at radius 1 is 1.23 bits per heavy atom. The molecule has 74 valence electrons. The van der Waals surface area contributed by atoms with Crippen molar-refractivity contribution in [1.29, 1.82) is 0 Å². The van der Waals surface area contributed by atoms with Crippen molar-refractivity contribution in [3.63, 3.8) is 0 Å². The minimum absolute atomic E-state index is 0.681. The van der Waals surface area contributed by atoms with E-state index < -0.39 is 15.9 Å². The molecule has 0 N–H and O–H groups in total. The van der Waals surface area contributed by atoms with Crippen LogP contribution in [0.3, 0.4) is 0 Å². The third kappa shape index (κ3) is 3.56. The SMILES string of the molecule is CCOc1ccc([Te](C)(Cl)Cl)cc1. The van der Waals surface area contributed by atoms with Crippen molar-refractivity contribution in [3.8, 4) is 5.75 Å². The summed E-state index contributed by atoms with van der Waals surface area (Å²) < 4.78 is 6.37. The van der Waals surface area contributed by atoms with Gasteiger partial charge in [0.25, 0.3) is 0 Å². The van der Waals surface area contributed by atoms with Crippen molar-refractivity contribution in [2.24, 2.45) is 0 Å². The fourth-order valence-electron chi connectivity index (χ4n) is 0.941. The Hall–Kier alpha value is 0.390. The van der Waals surface area contributed by atoms with Crippen LogP contribution >= 0.6 is 17.9 Å². The predicted octanol–water partition coefficient (Wildman–Crippen LogP) is 2.84. The summed E-state index contributed by atoms with van der Waals surface area (Å²) in [6.45, 7) is 2.64. The van der Waals surface area contributed by atoms with Crippen molar-refractivity contribution in [1.82, 2.24) is 0 Å². The molecule has 0 unspecified atom stereocenters. The molecule has 0 aliphatic rings. The second-order valence-corrected chi connectivity index (χ2v) is 17.5. The van der Waals surface area contributed by atoms with Crippen LogP contribution in [0.5, 0.6) is 5.75 Å². The van der Waals surface area contributed by atoms with Crippen LogP contribution in [0, 0.1) is 0 Å². The number of hydrogen-bond donors (Lipinski definition) is 0. The molecular weight excluding hydrogens is 323 g/mol. The van der Waals surface area contributed by atoms with Gasteiger partial charge in [-0.3, -0.25) is 0 Å². The van der Waals surface area contributed by atoms with E-state index in [1.54, 1.807) is 0 Å². The zero-order valence-electron chi connectivity index (χ0n) is 7.59. The first-order valence-corrected chi connectivity index (χ1v) is 13.3. The van der Waals surface area contributed by atoms with Gasteiger partial charge in [-0.25, -0.2) is 0 Å². The van der Waals surface area contributed by atoms with Crippen LogP contribution in [0.2, 0.25) is 4.97 Å². The van der Waals surface area contributed by atoms with Crippen LogP contribution in [-0.2, 0) is 0 Å².